The van der Waals surface area contributed by atoms with Crippen molar-refractivity contribution in [1.29, 1.82) is 0 Å². The smallest absolute Gasteiger partial charge is 0.326 e. The summed E-state index contributed by atoms with van der Waals surface area (Å²) in [6.45, 7) is 0. The van der Waals surface area contributed by atoms with Crippen molar-refractivity contribution in [2.45, 2.75) is 0 Å². The van der Waals surface area contributed by atoms with Gasteiger partial charge < -0.3 is 9.31 Å². The van der Waals surface area contributed by atoms with Crippen LogP contribution in [-0.2, 0) is 9.31 Å². The average Bonchev–Trinajstić information content (AvgIpc) is 2.27. The van der Waals surface area contributed by atoms with Crippen molar-refractivity contribution in [1.82, 2.24) is 0 Å². The summed E-state index contributed by atoms with van der Waals surface area (Å²) in [4.78, 5) is 22.1. The van der Waals surface area contributed by atoms with Crippen LogP contribution >= 0.6 is 0 Å². The Morgan fingerprint density at radius 1 is 0.857 bits per heavy atom. The third kappa shape index (κ3) is 2.16. The maximum Gasteiger partial charge on any atom is 0.326 e. The van der Waals surface area contributed by atoms with Crippen LogP contribution in [-0.4, -0.2) is 28.0 Å². The number of hydrogen-bond donors (Lipinski definition) is 0. The summed E-state index contributed by atoms with van der Waals surface area (Å²) in [5, 5.41) is 0. The van der Waals surface area contributed by atoms with Crippen molar-refractivity contribution in [2.75, 3.05) is 0 Å². The molecule has 0 radical (unpaired) electrons. The van der Waals surface area contributed by atoms with Gasteiger partial charge in [0.05, 0.1) is 11.1 Å². The Balaban J connectivity index is 2.89. The zero-order valence-electron chi connectivity index (χ0n) is 7.94. The summed E-state index contributed by atoms with van der Waals surface area (Å²) in [6.07, 6.45) is 0. The molecule has 0 saturated heterocycles. The van der Waals surface area contributed by atoms with Gasteiger partial charge in [0.2, 0.25) is 0 Å². The number of rotatable bonds is 2. The van der Waals surface area contributed by atoms with Crippen molar-refractivity contribution in [3.05, 3.63) is 35.4 Å². The van der Waals surface area contributed by atoms with Crippen molar-refractivity contribution >= 4 is 28.0 Å². The van der Waals surface area contributed by atoms with Crippen molar-refractivity contribution < 1.29 is 18.9 Å². The Bertz CT molecular complexity index is 312. The SMILES string of the molecule is BOC(=O)c1ccc(C(=O)OB)cc1. The molecule has 0 aliphatic heterocycles. The van der Waals surface area contributed by atoms with Crippen molar-refractivity contribution in [3.8, 4) is 0 Å². The third-order valence-electron chi connectivity index (χ3n) is 1.73. The molecule has 0 spiro atoms. The predicted octanol–water partition coefficient (Wildman–Crippen LogP) is -0.904. The van der Waals surface area contributed by atoms with Gasteiger partial charge in [0.1, 0.15) is 0 Å². The first-order chi connectivity index (χ1) is 6.69. The molecule has 0 fully saturated rings. The van der Waals surface area contributed by atoms with Gasteiger partial charge in [0, 0.05) is 0 Å². The van der Waals surface area contributed by atoms with E-state index in [0.717, 1.165) is 0 Å². The lowest BCUT2D eigenvalue weighted by atomic mass is 10.1. The lowest BCUT2D eigenvalue weighted by Gasteiger charge is -2.01. The Hall–Kier alpha value is -1.71. The largest absolute Gasteiger partial charge is 0.540 e. The molecule has 1 rings (SSSR count). The molecular formula is C8H8B2O4. The number of carbonyl (C=O) groups excluding carboxylic acids is 2. The molecule has 6 heteroatoms. The van der Waals surface area contributed by atoms with E-state index in [1.807, 2.05) is 0 Å². The summed E-state index contributed by atoms with van der Waals surface area (Å²) < 4.78 is 9.02. The summed E-state index contributed by atoms with van der Waals surface area (Å²) >= 11 is 0. The van der Waals surface area contributed by atoms with Gasteiger partial charge in [0.15, 0.2) is 0 Å². The van der Waals surface area contributed by atoms with Gasteiger partial charge in [-0.2, -0.15) is 0 Å². The molecule has 4 nitrogen and oxygen atoms in total. The van der Waals surface area contributed by atoms with Crippen LogP contribution in [0.5, 0.6) is 0 Å². The zero-order valence-corrected chi connectivity index (χ0v) is 7.94. The number of benzene rings is 1. The highest BCUT2D eigenvalue weighted by atomic mass is 16.5. The molecular weight excluding hydrogens is 182 g/mol. The van der Waals surface area contributed by atoms with Crippen molar-refractivity contribution in [2.24, 2.45) is 0 Å². The van der Waals surface area contributed by atoms with E-state index < -0.39 is 11.9 Å². The van der Waals surface area contributed by atoms with E-state index in [9.17, 15) is 9.59 Å². The van der Waals surface area contributed by atoms with Crippen LogP contribution in [0, 0.1) is 0 Å². The van der Waals surface area contributed by atoms with Gasteiger partial charge in [-0.15, -0.1) is 0 Å². The molecule has 0 heterocycles. The second-order valence-electron chi connectivity index (χ2n) is 2.56. The standard InChI is InChI=1S/C8H8B2O4/c9-13-7(11)5-1-2-6(4-3-5)8(12)14-10/h1-4H,9-10H2. The number of hydrogen-bond acceptors (Lipinski definition) is 4. The quantitative estimate of drug-likeness (QED) is 0.566. The molecule has 1 aromatic rings. The summed E-state index contributed by atoms with van der Waals surface area (Å²) in [5.74, 6) is -0.858. The van der Waals surface area contributed by atoms with Crippen LogP contribution in [0.2, 0.25) is 0 Å². The fourth-order valence-electron chi connectivity index (χ4n) is 0.978. The van der Waals surface area contributed by atoms with E-state index in [4.69, 9.17) is 0 Å². The van der Waals surface area contributed by atoms with E-state index in [1.165, 1.54) is 40.4 Å². The lowest BCUT2D eigenvalue weighted by Crippen LogP contribution is -2.05. The van der Waals surface area contributed by atoms with Crippen molar-refractivity contribution in [3.63, 3.8) is 0 Å². The molecule has 0 aliphatic rings. The second-order valence-corrected chi connectivity index (χ2v) is 2.56. The molecule has 0 saturated carbocycles. The first-order valence-corrected chi connectivity index (χ1v) is 3.95. The van der Waals surface area contributed by atoms with E-state index in [-0.39, 0.29) is 0 Å². The zero-order chi connectivity index (χ0) is 10.6. The van der Waals surface area contributed by atoms with Gasteiger partial charge in [-0.05, 0) is 24.3 Å². The number of carbonyl (C=O) groups is 2. The highest BCUT2D eigenvalue weighted by Gasteiger charge is 2.07. The topological polar surface area (TPSA) is 52.6 Å². The molecule has 70 valence electrons. The van der Waals surface area contributed by atoms with Crippen LogP contribution in [0.15, 0.2) is 24.3 Å². The molecule has 0 atom stereocenters. The van der Waals surface area contributed by atoms with Gasteiger partial charge in [-0.1, -0.05) is 0 Å². The molecule has 0 bridgehead atoms. The normalized spacial score (nSPS) is 9.14. The molecule has 14 heavy (non-hydrogen) atoms. The monoisotopic (exact) mass is 190 g/mol. The Labute approximate surface area is 83.1 Å². The first-order valence-electron chi connectivity index (χ1n) is 3.95. The molecule has 0 amide bonds. The third-order valence-corrected chi connectivity index (χ3v) is 1.73. The fourth-order valence-corrected chi connectivity index (χ4v) is 0.978. The maximum atomic E-state index is 11.0. The van der Waals surface area contributed by atoms with Gasteiger partial charge in [-0.3, -0.25) is 0 Å². The van der Waals surface area contributed by atoms with Crippen LogP contribution in [0.1, 0.15) is 20.7 Å². The minimum atomic E-state index is -0.429. The fraction of sp³-hybridized carbons (Fsp3) is 0. The summed E-state index contributed by atoms with van der Waals surface area (Å²) in [7, 11) is 2.60. The van der Waals surface area contributed by atoms with E-state index in [0.29, 0.717) is 11.1 Å². The minimum Gasteiger partial charge on any atom is -0.540 e. The minimum absolute atomic E-state index is 0.403. The van der Waals surface area contributed by atoms with Gasteiger partial charge >= 0.3 is 28.0 Å². The highest BCUT2D eigenvalue weighted by Crippen LogP contribution is 2.06. The van der Waals surface area contributed by atoms with E-state index >= 15 is 0 Å². The maximum absolute atomic E-state index is 11.0. The van der Waals surface area contributed by atoms with Crippen LogP contribution in [0.25, 0.3) is 0 Å². The predicted molar refractivity (Wildman–Crippen MR) is 54.4 cm³/mol. The Morgan fingerprint density at radius 3 is 1.36 bits per heavy atom. The molecule has 0 aliphatic carbocycles. The Morgan fingerprint density at radius 2 is 1.14 bits per heavy atom. The van der Waals surface area contributed by atoms with Crippen LogP contribution < -0.4 is 0 Å². The summed E-state index contributed by atoms with van der Waals surface area (Å²) in [6, 6.07) is 6.05. The van der Waals surface area contributed by atoms with Crippen LogP contribution in [0.3, 0.4) is 0 Å². The average molecular weight is 190 g/mol. The first kappa shape index (κ1) is 10.4. The van der Waals surface area contributed by atoms with E-state index in [1.54, 1.807) is 0 Å². The van der Waals surface area contributed by atoms with Gasteiger partial charge in [-0.25, -0.2) is 9.59 Å². The molecule has 0 unspecified atom stereocenters. The lowest BCUT2D eigenvalue weighted by molar-refractivity contribution is 0.0735. The Kier molecular flexibility index (Phi) is 3.34. The van der Waals surface area contributed by atoms with Gasteiger partial charge in [0.25, 0.3) is 0 Å². The molecule has 0 N–H and O–H groups in total. The van der Waals surface area contributed by atoms with E-state index in [2.05, 4.69) is 9.31 Å². The molecule has 0 aromatic heterocycles. The summed E-state index contributed by atoms with van der Waals surface area (Å²) in [5.41, 5.74) is 0.806. The second kappa shape index (κ2) is 4.50. The highest BCUT2D eigenvalue weighted by molar-refractivity contribution is 6.10. The van der Waals surface area contributed by atoms with Crippen LogP contribution in [0.4, 0.5) is 0 Å². The molecule has 1 aromatic carbocycles.